The topological polar surface area (TPSA) is 72.5 Å². The first-order chi connectivity index (χ1) is 12.0. The number of nitrogens with one attached hydrogen (secondary N) is 1. The molecule has 2 aromatic rings. The number of sulfone groups is 1. The van der Waals surface area contributed by atoms with Crippen molar-refractivity contribution in [3.8, 4) is 5.75 Å². The molecule has 2 aromatic carbocycles. The van der Waals surface area contributed by atoms with Gasteiger partial charge in [0.1, 0.15) is 12.4 Å². The lowest BCUT2D eigenvalue weighted by Gasteiger charge is -2.10. The Bertz CT molecular complexity index is 816. The molecule has 1 fully saturated rings. The van der Waals surface area contributed by atoms with Gasteiger partial charge in [0.2, 0.25) is 5.91 Å². The highest BCUT2D eigenvalue weighted by Gasteiger charge is 2.29. The van der Waals surface area contributed by atoms with Crippen molar-refractivity contribution in [2.45, 2.75) is 19.4 Å². The number of carbonyl (C=O) groups excluding carboxylic acids is 1. The molecule has 0 aliphatic carbocycles. The highest BCUT2D eigenvalue weighted by molar-refractivity contribution is 7.91. The maximum atomic E-state index is 12.0. The Morgan fingerprint density at radius 2 is 1.80 bits per heavy atom. The number of benzene rings is 2. The molecule has 0 unspecified atom stereocenters. The Kier molecular flexibility index (Phi) is 5.38. The van der Waals surface area contributed by atoms with Crippen LogP contribution in [0, 0.1) is 5.92 Å². The van der Waals surface area contributed by atoms with Crippen LogP contribution in [0.5, 0.6) is 5.75 Å². The number of anilines is 1. The molecule has 0 spiro atoms. The van der Waals surface area contributed by atoms with Gasteiger partial charge in [0.25, 0.3) is 0 Å². The molecule has 25 heavy (non-hydrogen) atoms. The molecule has 1 amide bonds. The van der Waals surface area contributed by atoms with E-state index in [1.807, 2.05) is 30.3 Å². The summed E-state index contributed by atoms with van der Waals surface area (Å²) in [6, 6.07) is 17.1. The second kappa shape index (κ2) is 7.70. The van der Waals surface area contributed by atoms with Gasteiger partial charge in [-0.25, -0.2) is 8.42 Å². The van der Waals surface area contributed by atoms with Crippen molar-refractivity contribution in [1.29, 1.82) is 0 Å². The quantitative estimate of drug-likeness (QED) is 0.860. The van der Waals surface area contributed by atoms with Gasteiger partial charge in [0, 0.05) is 12.1 Å². The zero-order chi connectivity index (χ0) is 17.7. The van der Waals surface area contributed by atoms with Crippen LogP contribution in [0.25, 0.3) is 0 Å². The molecule has 0 bridgehead atoms. The maximum absolute atomic E-state index is 12.0. The third kappa shape index (κ3) is 5.32. The van der Waals surface area contributed by atoms with E-state index in [1.165, 1.54) is 0 Å². The van der Waals surface area contributed by atoms with E-state index in [-0.39, 0.29) is 29.8 Å². The largest absolute Gasteiger partial charge is 0.489 e. The zero-order valence-electron chi connectivity index (χ0n) is 13.9. The Morgan fingerprint density at radius 3 is 2.44 bits per heavy atom. The lowest BCUT2D eigenvalue weighted by atomic mass is 10.1. The average Bonchev–Trinajstić information content (AvgIpc) is 2.93. The summed E-state index contributed by atoms with van der Waals surface area (Å²) < 4.78 is 28.6. The number of hydrogen-bond acceptors (Lipinski definition) is 4. The van der Waals surface area contributed by atoms with E-state index in [9.17, 15) is 13.2 Å². The maximum Gasteiger partial charge on any atom is 0.224 e. The first-order valence-electron chi connectivity index (χ1n) is 8.27. The van der Waals surface area contributed by atoms with Crippen LogP contribution in [0.3, 0.4) is 0 Å². The van der Waals surface area contributed by atoms with Gasteiger partial charge in [-0.05, 0) is 42.2 Å². The van der Waals surface area contributed by atoms with Crippen molar-refractivity contribution < 1.29 is 17.9 Å². The molecule has 5 nitrogen and oxygen atoms in total. The molecule has 1 atom stereocenters. The normalized spacial score (nSPS) is 18.6. The first-order valence-corrected chi connectivity index (χ1v) is 10.1. The second-order valence-electron chi connectivity index (χ2n) is 6.32. The third-order valence-corrected chi connectivity index (χ3v) is 6.02. The van der Waals surface area contributed by atoms with Crippen molar-refractivity contribution in [2.24, 2.45) is 5.92 Å². The van der Waals surface area contributed by atoms with Crippen LogP contribution in [0.15, 0.2) is 54.6 Å². The van der Waals surface area contributed by atoms with Crippen LogP contribution >= 0.6 is 0 Å². The van der Waals surface area contributed by atoms with Gasteiger partial charge in [-0.3, -0.25) is 4.79 Å². The van der Waals surface area contributed by atoms with Gasteiger partial charge in [-0.1, -0.05) is 30.3 Å². The Hall–Kier alpha value is -2.34. The summed E-state index contributed by atoms with van der Waals surface area (Å²) in [5, 5.41) is 2.81. The smallest absolute Gasteiger partial charge is 0.224 e. The minimum absolute atomic E-state index is 0.0709. The summed E-state index contributed by atoms with van der Waals surface area (Å²) in [7, 11) is -2.95. The number of rotatable bonds is 6. The summed E-state index contributed by atoms with van der Waals surface area (Å²) >= 11 is 0. The summed E-state index contributed by atoms with van der Waals surface area (Å²) in [5.41, 5.74) is 1.77. The third-order valence-electron chi connectivity index (χ3n) is 4.19. The fraction of sp³-hybridized carbons (Fsp3) is 0.316. The molecule has 3 rings (SSSR count). The average molecular weight is 359 g/mol. The van der Waals surface area contributed by atoms with E-state index >= 15 is 0 Å². The number of amides is 1. The molecular weight excluding hydrogens is 338 g/mol. The highest BCUT2D eigenvalue weighted by atomic mass is 32.2. The molecule has 1 aliphatic rings. The van der Waals surface area contributed by atoms with Crippen LogP contribution in [-0.4, -0.2) is 25.8 Å². The Labute approximate surface area is 147 Å². The summed E-state index contributed by atoms with van der Waals surface area (Å²) in [6.07, 6.45) is 0.813. The first kappa shape index (κ1) is 17.5. The van der Waals surface area contributed by atoms with Gasteiger partial charge in [-0.2, -0.15) is 0 Å². The van der Waals surface area contributed by atoms with Crippen LogP contribution in [0.4, 0.5) is 5.69 Å². The van der Waals surface area contributed by atoms with Gasteiger partial charge >= 0.3 is 0 Å². The summed E-state index contributed by atoms with van der Waals surface area (Å²) in [5.74, 6) is 0.813. The monoisotopic (exact) mass is 359 g/mol. The van der Waals surface area contributed by atoms with Crippen LogP contribution in [0.2, 0.25) is 0 Å². The minimum Gasteiger partial charge on any atom is -0.489 e. The van der Waals surface area contributed by atoms with Gasteiger partial charge in [-0.15, -0.1) is 0 Å². The Morgan fingerprint density at radius 1 is 1.08 bits per heavy atom. The molecular formula is C19H21NO4S. The van der Waals surface area contributed by atoms with Crippen molar-refractivity contribution in [3.63, 3.8) is 0 Å². The molecule has 1 aliphatic heterocycles. The molecule has 0 aromatic heterocycles. The predicted octanol–water partition coefficient (Wildman–Crippen LogP) is 3.03. The molecule has 1 N–H and O–H groups in total. The van der Waals surface area contributed by atoms with Gasteiger partial charge in [0.05, 0.1) is 11.5 Å². The molecule has 132 valence electrons. The molecule has 6 heteroatoms. The second-order valence-corrected chi connectivity index (χ2v) is 8.55. The lowest BCUT2D eigenvalue weighted by Crippen LogP contribution is -2.17. The molecule has 0 radical (unpaired) electrons. The van der Waals surface area contributed by atoms with Crippen molar-refractivity contribution in [3.05, 3.63) is 60.2 Å². The Balaban J connectivity index is 1.48. The van der Waals surface area contributed by atoms with E-state index in [4.69, 9.17) is 4.74 Å². The SMILES string of the molecule is O=C(C[C@H]1CCS(=O)(=O)C1)Nc1ccc(OCc2ccccc2)cc1. The van der Waals surface area contributed by atoms with Gasteiger partial charge < -0.3 is 10.1 Å². The minimum atomic E-state index is -2.95. The van der Waals surface area contributed by atoms with E-state index in [1.54, 1.807) is 24.3 Å². The summed E-state index contributed by atoms with van der Waals surface area (Å²) in [4.78, 5) is 12.0. The fourth-order valence-corrected chi connectivity index (χ4v) is 4.74. The lowest BCUT2D eigenvalue weighted by molar-refractivity contribution is -0.116. The fourth-order valence-electron chi connectivity index (χ4n) is 2.88. The van der Waals surface area contributed by atoms with E-state index < -0.39 is 9.84 Å². The zero-order valence-corrected chi connectivity index (χ0v) is 14.7. The number of ether oxygens (including phenoxy) is 1. The van der Waals surface area contributed by atoms with Crippen LogP contribution in [0.1, 0.15) is 18.4 Å². The highest BCUT2D eigenvalue weighted by Crippen LogP contribution is 2.23. The van der Waals surface area contributed by atoms with Crippen molar-refractivity contribution in [1.82, 2.24) is 0 Å². The molecule has 1 heterocycles. The number of hydrogen-bond donors (Lipinski definition) is 1. The van der Waals surface area contributed by atoms with E-state index in [0.29, 0.717) is 18.7 Å². The molecule has 1 saturated heterocycles. The van der Waals surface area contributed by atoms with Crippen LogP contribution in [-0.2, 0) is 21.2 Å². The predicted molar refractivity (Wildman–Crippen MR) is 97.2 cm³/mol. The van der Waals surface area contributed by atoms with Crippen molar-refractivity contribution in [2.75, 3.05) is 16.8 Å². The van der Waals surface area contributed by atoms with Gasteiger partial charge in [0.15, 0.2) is 9.84 Å². The summed E-state index contributed by atoms with van der Waals surface area (Å²) in [6.45, 7) is 0.489. The van der Waals surface area contributed by atoms with Crippen LogP contribution < -0.4 is 10.1 Å². The van der Waals surface area contributed by atoms with E-state index in [2.05, 4.69) is 5.32 Å². The van der Waals surface area contributed by atoms with Crippen molar-refractivity contribution >= 4 is 21.4 Å². The van der Waals surface area contributed by atoms with E-state index in [0.717, 1.165) is 11.3 Å². The molecule has 0 saturated carbocycles. The number of carbonyl (C=O) groups is 1. The standard InChI is InChI=1S/C19H21NO4S/c21-19(12-16-10-11-25(22,23)14-16)20-17-6-8-18(9-7-17)24-13-15-4-2-1-3-5-15/h1-9,16H,10-14H2,(H,20,21)/t16-/m1/s1.